The second-order valence-electron chi connectivity index (χ2n) is 6.49. The first kappa shape index (κ1) is 17.9. The van der Waals surface area contributed by atoms with Crippen LogP contribution in [0.4, 0.5) is 9.18 Å². The lowest BCUT2D eigenvalue weighted by Crippen LogP contribution is -2.43. The topological polar surface area (TPSA) is 61.4 Å². The van der Waals surface area contributed by atoms with E-state index in [4.69, 9.17) is 0 Å². The number of carbonyl (C=O) groups is 2. The largest absolute Gasteiger partial charge is 0.334 e. The van der Waals surface area contributed by atoms with Crippen molar-refractivity contribution in [1.29, 1.82) is 0 Å². The molecule has 2 aromatic carbocycles. The van der Waals surface area contributed by atoms with E-state index in [1.165, 1.54) is 12.1 Å². The van der Waals surface area contributed by atoms with Gasteiger partial charge in [-0.2, -0.15) is 0 Å². The quantitative estimate of drug-likeness (QED) is 0.866. The lowest BCUT2D eigenvalue weighted by Gasteiger charge is -2.25. The van der Waals surface area contributed by atoms with Crippen LogP contribution in [0.2, 0.25) is 0 Å². The van der Waals surface area contributed by atoms with Crippen LogP contribution in [0.3, 0.4) is 0 Å². The zero-order valence-corrected chi connectivity index (χ0v) is 14.6. The average molecular weight is 355 g/mol. The number of carbonyl (C=O) groups excluding carboxylic acids is 2. The molecule has 1 fully saturated rings. The van der Waals surface area contributed by atoms with Crippen molar-refractivity contribution in [3.8, 4) is 0 Å². The highest BCUT2D eigenvalue weighted by Crippen LogP contribution is 2.25. The van der Waals surface area contributed by atoms with Crippen molar-refractivity contribution in [1.82, 2.24) is 15.5 Å². The molecule has 2 unspecified atom stereocenters. The van der Waals surface area contributed by atoms with E-state index < -0.39 is 0 Å². The molecule has 1 aliphatic rings. The molecule has 1 saturated heterocycles. The van der Waals surface area contributed by atoms with Crippen LogP contribution >= 0.6 is 0 Å². The number of halogens is 1. The molecule has 3 rings (SSSR count). The van der Waals surface area contributed by atoms with E-state index in [2.05, 4.69) is 10.6 Å². The van der Waals surface area contributed by atoms with E-state index in [0.717, 1.165) is 11.1 Å². The van der Waals surface area contributed by atoms with Crippen molar-refractivity contribution >= 4 is 11.9 Å². The maximum absolute atomic E-state index is 12.9. The van der Waals surface area contributed by atoms with Gasteiger partial charge in [-0.15, -0.1) is 0 Å². The Bertz CT molecular complexity index is 764. The summed E-state index contributed by atoms with van der Waals surface area (Å²) in [6, 6.07) is 15.2. The fraction of sp³-hybridized carbons (Fsp3) is 0.300. The maximum Gasteiger partial charge on any atom is 0.315 e. The Hall–Kier alpha value is -2.89. The number of urea groups is 1. The molecular weight excluding hydrogens is 333 g/mol. The molecule has 2 aromatic rings. The van der Waals surface area contributed by atoms with Crippen molar-refractivity contribution in [3.63, 3.8) is 0 Å². The smallest absolute Gasteiger partial charge is 0.315 e. The molecule has 136 valence electrons. The first-order chi connectivity index (χ1) is 12.5. The van der Waals surface area contributed by atoms with E-state index in [-0.39, 0.29) is 29.8 Å². The van der Waals surface area contributed by atoms with Gasteiger partial charge in [0.25, 0.3) is 0 Å². The van der Waals surface area contributed by atoms with Crippen LogP contribution in [0.25, 0.3) is 0 Å². The summed E-state index contributed by atoms with van der Waals surface area (Å²) in [6.07, 6.45) is 0.293. The Balaban J connectivity index is 1.50. The van der Waals surface area contributed by atoms with Crippen LogP contribution in [0, 0.1) is 5.82 Å². The van der Waals surface area contributed by atoms with Gasteiger partial charge in [0.2, 0.25) is 5.91 Å². The van der Waals surface area contributed by atoms with Gasteiger partial charge in [0.15, 0.2) is 0 Å². The van der Waals surface area contributed by atoms with Gasteiger partial charge in [-0.1, -0.05) is 42.5 Å². The summed E-state index contributed by atoms with van der Waals surface area (Å²) in [7, 11) is 0. The van der Waals surface area contributed by atoms with Crippen molar-refractivity contribution in [2.45, 2.75) is 32.0 Å². The molecule has 0 aromatic heterocycles. The lowest BCUT2D eigenvalue weighted by atomic mass is 10.1. The molecule has 1 aliphatic heterocycles. The number of hydrogen-bond acceptors (Lipinski definition) is 2. The van der Waals surface area contributed by atoms with E-state index in [9.17, 15) is 14.0 Å². The molecule has 0 saturated carbocycles. The van der Waals surface area contributed by atoms with E-state index in [1.54, 1.807) is 17.0 Å². The molecule has 2 atom stereocenters. The Morgan fingerprint density at radius 1 is 1.19 bits per heavy atom. The van der Waals surface area contributed by atoms with Crippen LogP contribution in [-0.4, -0.2) is 29.4 Å². The summed E-state index contributed by atoms with van der Waals surface area (Å²) in [5.41, 5.74) is 1.88. The molecule has 26 heavy (non-hydrogen) atoms. The predicted octanol–water partition coefficient (Wildman–Crippen LogP) is 2.99. The minimum Gasteiger partial charge on any atom is -0.334 e. The van der Waals surface area contributed by atoms with Gasteiger partial charge in [0, 0.05) is 19.5 Å². The highest BCUT2D eigenvalue weighted by Gasteiger charge is 2.33. The molecule has 3 amide bonds. The molecule has 0 radical (unpaired) electrons. The highest BCUT2D eigenvalue weighted by atomic mass is 19.1. The lowest BCUT2D eigenvalue weighted by molar-refractivity contribution is -0.129. The first-order valence-corrected chi connectivity index (χ1v) is 8.66. The zero-order chi connectivity index (χ0) is 18.5. The Kier molecular flexibility index (Phi) is 5.51. The van der Waals surface area contributed by atoms with E-state index in [0.29, 0.717) is 19.5 Å². The standard InChI is InChI=1S/C20H22FN3O2/c1-14(16-5-3-2-4-6-16)24-13-18(11-19(24)25)23-20(26)22-12-15-7-9-17(21)10-8-15/h2-10,14,18H,11-13H2,1H3,(H2,22,23,26). The van der Waals surface area contributed by atoms with Crippen LogP contribution < -0.4 is 10.6 Å². The predicted molar refractivity (Wildman–Crippen MR) is 96.7 cm³/mol. The highest BCUT2D eigenvalue weighted by molar-refractivity contribution is 5.82. The van der Waals surface area contributed by atoms with Gasteiger partial charge in [-0.05, 0) is 30.2 Å². The number of likely N-dealkylation sites (tertiary alicyclic amines) is 1. The van der Waals surface area contributed by atoms with Crippen LogP contribution in [0.15, 0.2) is 54.6 Å². The van der Waals surface area contributed by atoms with Gasteiger partial charge < -0.3 is 15.5 Å². The van der Waals surface area contributed by atoms with Crippen LogP contribution in [-0.2, 0) is 11.3 Å². The number of nitrogens with zero attached hydrogens (tertiary/aromatic N) is 1. The molecule has 1 heterocycles. The fourth-order valence-corrected chi connectivity index (χ4v) is 3.14. The third-order valence-electron chi connectivity index (χ3n) is 4.61. The van der Waals surface area contributed by atoms with E-state index in [1.807, 2.05) is 37.3 Å². The molecule has 0 aliphatic carbocycles. The molecule has 2 N–H and O–H groups in total. The van der Waals surface area contributed by atoms with Crippen molar-refractivity contribution in [2.24, 2.45) is 0 Å². The number of nitrogens with one attached hydrogen (secondary N) is 2. The monoisotopic (exact) mass is 355 g/mol. The number of hydrogen-bond donors (Lipinski definition) is 2. The summed E-state index contributed by atoms with van der Waals surface area (Å²) in [5, 5.41) is 5.57. The van der Waals surface area contributed by atoms with Crippen LogP contribution in [0.1, 0.15) is 30.5 Å². The zero-order valence-electron chi connectivity index (χ0n) is 14.6. The summed E-state index contributed by atoms with van der Waals surface area (Å²) in [4.78, 5) is 26.2. The van der Waals surface area contributed by atoms with Gasteiger partial charge in [0.1, 0.15) is 5.82 Å². The normalized spacial score (nSPS) is 17.8. The van der Waals surface area contributed by atoms with E-state index >= 15 is 0 Å². The molecular formula is C20H22FN3O2. The Labute approximate surface area is 152 Å². The molecule has 0 spiro atoms. The number of benzene rings is 2. The van der Waals surface area contributed by atoms with Crippen molar-refractivity contribution < 1.29 is 14.0 Å². The minimum absolute atomic E-state index is 0.0298. The van der Waals surface area contributed by atoms with Gasteiger partial charge >= 0.3 is 6.03 Å². The van der Waals surface area contributed by atoms with Gasteiger partial charge in [-0.3, -0.25) is 4.79 Å². The first-order valence-electron chi connectivity index (χ1n) is 8.66. The molecule has 6 heteroatoms. The number of rotatable bonds is 5. The summed E-state index contributed by atoms with van der Waals surface area (Å²) in [5.74, 6) is -0.277. The molecule has 0 bridgehead atoms. The SMILES string of the molecule is CC(c1ccccc1)N1CC(NC(=O)NCc2ccc(F)cc2)CC1=O. The van der Waals surface area contributed by atoms with Crippen LogP contribution in [0.5, 0.6) is 0 Å². The number of amides is 3. The maximum atomic E-state index is 12.9. The van der Waals surface area contributed by atoms with Gasteiger partial charge in [0.05, 0.1) is 12.1 Å². The second kappa shape index (κ2) is 7.99. The summed E-state index contributed by atoms with van der Waals surface area (Å²) >= 11 is 0. The average Bonchev–Trinajstić information content (AvgIpc) is 3.01. The Morgan fingerprint density at radius 2 is 1.88 bits per heavy atom. The van der Waals surface area contributed by atoms with Crippen molar-refractivity contribution in [2.75, 3.05) is 6.54 Å². The fourth-order valence-electron chi connectivity index (χ4n) is 3.14. The summed E-state index contributed by atoms with van der Waals surface area (Å²) < 4.78 is 12.9. The minimum atomic E-state index is -0.332. The third kappa shape index (κ3) is 4.39. The van der Waals surface area contributed by atoms with Gasteiger partial charge in [-0.25, -0.2) is 9.18 Å². The second-order valence-corrected chi connectivity index (χ2v) is 6.49. The van der Waals surface area contributed by atoms with Crippen molar-refractivity contribution in [3.05, 3.63) is 71.5 Å². The molecule has 5 nitrogen and oxygen atoms in total. The third-order valence-corrected chi connectivity index (χ3v) is 4.61. The summed E-state index contributed by atoms with van der Waals surface area (Å²) in [6.45, 7) is 2.78. The Morgan fingerprint density at radius 3 is 2.58 bits per heavy atom.